The van der Waals surface area contributed by atoms with Gasteiger partial charge in [-0.15, -0.1) is 0 Å². The van der Waals surface area contributed by atoms with Crippen molar-refractivity contribution >= 4 is 11.8 Å². The van der Waals surface area contributed by atoms with Crippen molar-refractivity contribution in [2.45, 2.75) is 13.5 Å². The predicted octanol–water partition coefficient (Wildman–Crippen LogP) is 2.02. The maximum Gasteiger partial charge on any atom is 0.304 e. The van der Waals surface area contributed by atoms with Gasteiger partial charge in [-0.3, -0.25) is 4.79 Å². The molecule has 0 saturated carbocycles. The molecular formula is C16H17N3O3. The Morgan fingerprint density at radius 3 is 2.91 bits per heavy atom. The summed E-state index contributed by atoms with van der Waals surface area (Å²) in [4.78, 5) is 12.8. The lowest BCUT2D eigenvalue weighted by Gasteiger charge is -2.20. The highest BCUT2D eigenvalue weighted by atomic mass is 16.5. The van der Waals surface area contributed by atoms with Gasteiger partial charge in [-0.2, -0.15) is 5.10 Å². The molecule has 2 heterocycles. The molecule has 0 saturated heterocycles. The number of hydrogen-bond donors (Lipinski definition) is 0. The van der Waals surface area contributed by atoms with E-state index in [4.69, 9.17) is 9.47 Å². The fraction of sp³-hybridized carbons (Fsp3) is 0.250. The number of amidine groups is 1. The molecule has 0 fully saturated rings. The highest BCUT2D eigenvalue weighted by Crippen LogP contribution is 2.20. The van der Waals surface area contributed by atoms with Crippen molar-refractivity contribution < 1.29 is 14.3 Å². The van der Waals surface area contributed by atoms with Gasteiger partial charge in [0.05, 0.1) is 0 Å². The van der Waals surface area contributed by atoms with Crippen LogP contribution in [0.15, 0.2) is 59.5 Å². The average molecular weight is 299 g/mol. The molecule has 0 radical (unpaired) electrons. The quantitative estimate of drug-likeness (QED) is 0.779. The Hall–Kier alpha value is -2.76. The molecule has 0 aliphatic carbocycles. The van der Waals surface area contributed by atoms with E-state index in [2.05, 4.69) is 5.10 Å². The highest BCUT2D eigenvalue weighted by molar-refractivity contribution is 5.99. The number of carbonyl (C=O) groups is 1. The fourth-order valence-corrected chi connectivity index (χ4v) is 2.17. The first kappa shape index (κ1) is 14.2. The summed E-state index contributed by atoms with van der Waals surface area (Å²) in [5.74, 6) is 1.11. The smallest absolute Gasteiger partial charge is 0.304 e. The van der Waals surface area contributed by atoms with Crippen LogP contribution in [0, 0.1) is 0 Å². The zero-order chi connectivity index (χ0) is 15.4. The molecule has 1 aromatic rings. The number of allylic oxidation sites excluding steroid dienone is 2. The van der Waals surface area contributed by atoms with Crippen molar-refractivity contribution in [2.24, 2.45) is 5.10 Å². The highest BCUT2D eigenvalue weighted by Gasteiger charge is 2.27. The number of ether oxygens (including phenoxy) is 2. The van der Waals surface area contributed by atoms with Crippen LogP contribution in [0.5, 0.6) is 0 Å². The number of benzene rings is 1. The molecule has 1 aromatic carbocycles. The standard InChI is InChI=1S/C16H17N3O3/c1-13(20)22-12-19-11-18-9-5-8-15(16(18)17-19)21-10-14-6-3-2-4-7-14/h2-9H,10-12H2,1H3. The Kier molecular flexibility index (Phi) is 4.09. The third-order valence-electron chi connectivity index (χ3n) is 3.21. The Labute approximate surface area is 128 Å². The Morgan fingerprint density at radius 2 is 2.14 bits per heavy atom. The van der Waals surface area contributed by atoms with Gasteiger partial charge in [0, 0.05) is 13.1 Å². The molecule has 0 spiro atoms. The molecule has 0 amide bonds. The first-order valence-electron chi connectivity index (χ1n) is 7.01. The zero-order valence-corrected chi connectivity index (χ0v) is 12.3. The van der Waals surface area contributed by atoms with E-state index in [-0.39, 0.29) is 12.7 Å². The van der Waals surface area contributed by atoms with Gasteiger partial charge in [-0.1, -0.05) is 30.3 Å². The van der Waals surface area contributed by atoms with Gasteiger partial charge in [-0.05, 0) is 17.7 Å². The van der Waals surface area contributed by atoms with Gasteiger partial charge in [0.25, 0.3) is 0 Å². The number of hydrazone groups is 1. The number of hydrogen-bond acceptors (Lipinski definition) is 6. The maximum absolute atomic E-state index is 10.9. The first-order valence-corrected chi connectivity index (χ1v) is 7.01. The Bertz CT molecular complexity index is 637. The largest absolute Gasteiger partial charge is 0.485 e. The van der Waals surface area contributed by atoms with Crippen LogP contribution in [0.4, 0.5) is 0 Å². The van der Waals surface area contributed by atoms with Crippen LogP contribution in [0.2, 0.25) is 0 Å². The lowest BCUT2D eigenvalue weighted by molar-refractivity contribution is -0.145. The summed E-state index contributed by atoms with van der Waals surface area (Å²) in [6.45, 7) is 2.53. The van der Waals surface area contributed by atoms with E-state index >= 15 is 0 Å². The van der Waals surface area contributed by atoms with E-state index < -0.39 is 0 Å². The summed E-state index contributed by atoms with van der Waals surface area (Å²) >= 11 is 0. The molecule has 3 rings (SSSR count). The number of fused-ring (bicyclic) bond motifs is 1. The second-order valence-electron chi connectivity index (χ2n) is 4.95. The van der Waals surface area contributed by atoms with Crippen molar-refractivity contribution in [3.05, 3.63) is 60.0 Å². The molecule has 114 valence electrons. The van der Waals surface area contributed by atoms with Crippen LogP contribution in [-0.4, -0.2) is 35.1 Å². The lowest BCUT2D eigenvalue weighted by atomic mass is 10.2. The average Bonchev–Trinajstić information content (AvgIpc) is 2.95. The summed E-state index contributed by atoms with van der Waals surface area (Å²) in [7, 11) is 0. The van der Waals surface area contributed by atoms with Gasteiger partial charge in [0.2, 0.25) is 0 Å². The minimum atomic E-state index is -0.322. The second-order valence-corrected chi connectivity index (χ2v) is 4.95. The van der Waals surface area contributed by atoms with Gasteiger partial charge < -0.3 is 14.4 Å². The summed E-state index contributed by atoms with van der Waals surface area (Å²) in [5.41, 5.74) is 1.10. The van der Waals surface area contributed by atoms with E-state index in [1.807, 2.05) is 53.6 Å². The number of esters is 1. The molecule has 0 N–H and O–H groups in total. The molecule has 6 heteroatoms. The third kappa shape index (κ3) is 3.28. The summed E-state index contributed by atoms with van der Waals surface area (Å²) in [5, 5.41) is 6.10. The SMILES string of the molecule is CC(=O)OCN1CN2C=CC=C(OCc3ccccc3)C2=N1. The molecular weight excluding hydrogens is 282 g/mol. The van der Waals surface area contributed by atoms with E-state index in [1.54, 1.807) is 5.01 Å². The van der Waals surface area contributed by atoms with Crippen LogP contribution in [0.3, 0.4) is 0 Å². The van der Waals surface area contributed by atoms with Gasteiger partial charge in [-0.25, -0.2) is 5.01 Å². The summed E-state index contributed by atoms with van der Waals surface area (Å²) in [6, 6.07) is 9.96. The molecule has 0 bridgehead atoms. The fourth-order valence-electron chi connectivity index (χ4n) is 2.17. The molecule has 22 heavy (non-hydrogen) atoms. The number of nitrogens with zero attached hydrogens (tertiary/aromatic N) is 3. The van der Waals surface area contributed by atoms with E-state index in [9.17, 15) is 4.79 Å². The molecule has 0 atom stereocenters. The third-order valence-corrected chi connectivity index (χ3v) is 3.21. The van der Waals surface area contributed by atoms with Crippen molar-refractivity contribution in [1.82, 2.24) is 9.91 Å². The van der Waals surface area contributed by atoms with Crippen molar-refractivity contribution in [2.75, 3.05) is 13.4 Å². The zero-order valence-electron chi connectivity index (χ0n) is 12.3. The predicted molar refractivity (Wildman–Crippen MR) is 81.1 cm³/mol. The van der Waals surface area contributed by atoms with Gasteiger partial charge in [0.1, 0.15) is 13.3 Å². The second kappa shape index (κ2) is 6.34. The van der Waals surface area contributed by atoms with Crippen LogP contribution in [0.1, 0.15) is 12.5 Å². The monoisotopic (exact) mass is 299 g/mol. The first-order chi connectivity index (χ1) is 10.7. The molecule has 6 nitrogen and oxygen atoms in total. The summed E-state index contributed by atoms with van der Waals surface area (Å²) < 4.78 is 10.8. The van der Waals surface area contributed by atoms with Crippen LogP contribution in [0.25, 0.3) is 0 Å². The van der Waals surface area contributed by atoms with E-state index in [0.717, 1.165) is 11.4 Å². The molecule has 0 unspecified atom stereocenters. The Morgan fingerprint density at radius 1 is 1.32 bits per heavy atom. The van der Waals surface area contributed by atoms with Crippen molar-refractivity contribution in [1.29, 1.82) is 0 Å². The van der Waals surface area contributed by atoms with Gasteiger partial charge in [0.15, 0.2) is 18.3 Å². The molecule has 2 aliphatic rings. The normalized spacial score (nSPS) is 16.0. The maximum atomic E-state index is 10.9. The lowest BCUT2D eigenvalue weighted by Crippen LogP contribution is -2.30. The van der Waals surface area contributed by atoms with Crippen LogP contribution in [-0.2, 0) is 20.9 Å². The topological polar surface area (TPSA) is 54.4 Å². The number of rotatable bonds is 5. The minimum Gasteiger partial charge on any atom is -0.485 e. The van der Waals surface area contributed by atoms with Gasteiger partial charge >= 0.3 is 5.97 Å². The Balaban J connectivity index is 1.64. The van der Waals surface area contributed by atoms with Crippen molar-refractivity contribution in [3.63, 3.8) is 0 Å². The van der Waals surface area contributed by atoms with E-state index in [1.165, 1.54) is 6.92 Å². The molecule has 2 aliphatic heterocycles. The molecule has 0 aromatic heterocycles. The minimum absolute atomic E-state index is 0.134. The van der Waals surface area contributed by atoms with Crippen LogP contribution >= 0.6 is 0 Å². The van der Waals surface area contributed by atoms with Crippen LogP contribution < -0.4 is 0 Å². The summed E-state index contributed by atoms with van der Waals surface area (Å²) in [6.07, 6.45) is 5.71. The number of carbonyl (C=O) groups excluding carboxylic acids is 1. The van der Waals surface area contributed by atoms with E-state index in [0.29, 0.717) is 19.0 Å². The van der Waals surface area contributed by atoms with Crippen molar-refractivity contribution in [3.8, 4) is 0 Å².